The molecule has 0 radical (unpaired) electrons. The fourth-order valence-corrected chi connectivity index (χ4v) is 1.74. The van der Waals surface area contributed by atoms with Crippen molar-refractivity contribution in [2.24, 2.45) is 0 Å². The Kier molecular flexibility index (Phi) is 3.42. The van der Waals surface area contributed by atoms with Crippen LogP contribution in [0.5, 0.6) is 0 Å². The van der Waals surface area contributed by atoms with Crippen LogP contribution in [0.3, 0.4) is 0 Å². The largest absolute Gasteiger partial charge is 0.311 e. The maximum atomic E-state index is 13.2. The van der Waals surface area contributed by atoms with E-state index in [2.05, 4.69) is 0 Å². The minimum absolute atomic E-state index is 0.149. The molecular formula is C15H14FNO. The van der Waals surface area contributed by atoms with Gasteiger partial charge in [-0.3, -0.25) is 4.79 Å². The summed E-state index contributed by atoms with van der Waals surface area (Å²) in [7, 11) is 1.70. The van der Waals surface area contributed by atoms with E-state index in [1.165, 1.54) is 12.1 Å². The first kappa shape index (κ1) is 12.3. The molecule has 2 nitrogen and oxygen atoms in total. The molecule has 0 saturated heterocycles. The average Bonchev–Trinajstić information content (AvgIpc) is 2.41. The van der Waals surface area contributed by atoms with Gasteiger partial charge >= 0.3 is 0 Å². The minimum Gasteiger partial charge on any atom is -0.311 e. The molecular weight excluding hydrogens is 229 g/mol. The van der Waals surface area contributed by atoms with Crippen molar-refractivity contribution in [2.75, 3.05) is 11.9 Å². The molecule has 18 heavy (non-hydrogen) atoms. The lowest BCUT2D eigenvalue weighted by Crippen LogP contribution is -2.26. The third-order valence-corrected chi connectivity index (χ3v) is 2.85. The number of amides is 1. The maximum Gasteiger partial charge on any atom is 0.258 e. The first-order valence-electron chi connectivity index (χ1n) is 5.69. The zero-order valence-electron chi connectivity index (χ0n) is 10.4. The molecule has 0 bridgehead atoms. The Morgan fingerprint density at radius 3 is 2.39 bits per heavy atom. The van der Waals surface area contributed by atoms with E-state index in [1.54, 1.807) is 24.9 Å². The summed E-state index contributed by atoms with van der Waals surface area (Å²) in [6, 6.07) is 13.7. The number of rotatable bonds is 2. The topological polar surface area (TPSA) is 20.3 Å². The lowest BCUT2D eigenvalue weighted by Gasteiger charge is -2.17. The van der Waals surface area contributed by atoms with Crippen LogP contribution in [0.15, 0.2) is 48.5 Å². The number of para-hydroxylation sites is 1. The lowest BCUT2D eigenvalue weighted by atomic mass is 10.1. The Balaban J connectivity index is 2.29. The van der Waals surface area contributed by atoms with Crippen molar-refractivity contribution in [2.45, 2.75) is 6.92 Å². The number of aryl methyl sites for hydroxylation is 1. The molecule has 2 aromatic carbocycles. The second-order valence-electron chi connectivity index (χ2n) is 4.16. The molecule has 0 aliphatic carbocycles. The third kappa shape index (κ3) is 2.40. The van der Waals surface area contributed by atoms with E-state index in [0.29, 0.717) is 11.1 Å². The van der Waals surface area contributed by atoms with E-state index in [-0.39, 0.29) is 11.7 Å². The number of carbonyl (C=O) groups is 1. The molecule has 0 unspecified atom stereocenters. The van der Waals surface area contributed by atoms with Crippen molar-refractivity contribution < 1.29 is 9.18 Å². The van der Waals surface area contributed by atoms with Crippen LogP contribution in [0.1, 0.15) is 15.9 Å². The van der Waals surface area contributed by atoms with Crippen molar-refractivity contribution in [3.05, 3.63) is 65.5 Å². The van der Waals surface area contributed by atoms with Crippen LogP contribution in [-0.2, 0) is 0 Å². The predicted molar refractivity (Wildman–Crippen MR) is 70.3 cm³/mol. The second kappa shape index (κ2) is 5.00. The van der Waals surface area contributed by atoms with Crippen LogP contribution in [0.25, 0.3) is 0 Å². The molecule has 0 N–H and O–H groups in total. The first-order chi connectivity index (χ1) is 8.59. The van der Waals surface area contributed by atoms with Gasteiger partial charge in [-0.05, 0) is 42.8 Å². The quantitative estimate of drug-likeness (QED) is 0.791. The van der Waals surface area contributed by atoms with Gasteiger partial charge in [0.2, 0.25) is 0 Å². The average molecular weight is 243 g/mol. The van der Waals surface area contributed by atoms with E-state index in [0.717, 1.165) is 5.69 Å². The Morgan fingerprint density at radius 2 is 1.78 bits per heavy atom. The highest BCUT2D eigenvalue weighted by Gasteiger charge is 2.13. The second-order valence-corrected chi connectivity index (χ2v) is 4.16. The summed E-state index contributed by atoms with van der Waals surface area (Å²) in [4.78, 5) is 13.8. The van der Waals surface area contributed by atoms with Gasteiger partial charge in [-0.2, -0.15) is 0 Å². The van der Waals surface area contributed by atoms with E-state index in [1.807, 2.05) is 30.3 Å². The Labute approximate surface area is 106 Å². The molecule has 0 atom stereocenters. The number of anilines is 1. The van der Waals surface area contributed by atoms with Crippen molar-refractivity contribution >= 4 is 11.6 Å². The van der Waals surface area contributed by atoms with Gasteiger partial charge in [0.25, 0.3) is 5.91 Å². The van der Waals surface area contributed by atoms with Crippen LogP contribution < -0.4 is 4.90 Å². The minimum atomic E-state index is -0.297. The summed E-state index contributed by atoms with van der Waals surface area (Å²) in [5.41, 5.74) is 1.77. The molecule has 0 aromatic heterocycles. The van der Waals surface area contributed by atoms with Gasteiger partial charge < -0.3 is 4.90 Å². The molecule has 0 aliphatic rings. The van der Waals surface area contributed by atoms with E-state index in [9.17, 15) is 9.18 Å². The van der Waals surface area contributed by atoms with Crippen LogP contribution in [0.4, 0.5) is 10.1 Å². The monoisotopic (exact) mass is 243 g/mol. The smallest absolute Gasteiger partial charge is 0.258 e. The highest BCUT2D eigenvalue weighted by atomic mass is 19.1. The fraction of sp³-hybridized carbons (Fsp3) is 0.133. The number of benzene rings is 2. The predicted octanol–water partition coefficient (Wildman–Crippen LogP) is 3.41. The molecule has 1 amide bonds. The molecule has 0 saturated carbocycles. The zero-order valence-corrected chi connectivity index (χ0v) is 10.4. The van der Waals surface area contributed by atoms with E-state index >= 15 is 0 Å². The van der Waals surface area contributed by atoms with Gasteiger partial charge in [0.1, 0.15) is 5.82 Å². The summed E-state index contributed by atoms with van der Waals surface area (Å²) in [6.45, 7) is 1.65. The summed E-state index contributed by atoms with van der Waals surface area (Å²) < 4.78 is 13.2. The van der Waals surface area contributed by atoms with Crippen LogP contribution in [0, 0.1) is 12.7 Å². The summed E-state index contributed by atoms with van der Waals surface area (Å²) in [5.74, 6) is -0.446. The molecule has 0 heterocycles. The highest BCUT2D eigenvalue weighted by Crippen LogP contribution is 2.16. The number of halogens is 1. The molecule has 0 aliphatic heterocycles. The van der Waals surface area contributed by atoms with Crippen LogP contribution >= 0.6 is 0 Å². The fourth-order valence-electron chi connectivity index (χ4n) is 1.74. The van der Waals surface area contributed by atoms with Crippen molar-refractivity contribution in [1.29, 1.82) is 0 Å². The Hall–Kier alpha value is -2.16. The van der Waals surface area contributed by atoms with Crippen LogP contribution in [-0.4, -0.2) is 13.0 Å². The number of nitrogens with zero attached hydrogens (tertiary/aromatic N) is 1. The summed E-state index contributed by atoms with van der Waals surface area (Å²) in [5, 5.41) is 0. The van der Waals surface area contributed by atoms with Crippen molar-refractivity contribution in [3.8, 4) is 0 Å². The molecule has 92 valence electrons. The van der Waals surface area contributed by atoms with Crippen LogP contribution in [0.2, 0.25) is 0 Å². The molecule has 3 heteroatoms. The van der Waals surface area contributed by atoms with Gasteiger partial charge in [-0.25, -0.2) is 4.39 Å². The molecule has 2 aromatic rings. The lowest BCUT2D eigenvalue weighted by molar-refractivity contribution is 0.0993. The standard InChI is InChI=1S/C15H14FNO/c1-11-10-12(8-9-14(11)16)15(18)17(2)13-6-4-3-5-7-13/h3-10H,1-2H3. The van der Waals surface area contributed by atoms with Crippen molar-refractivity contribution in [1.82, 2.24) is 0 Å². The van der Waals surface area contributed by atoms with Gasteiger partial charge in [0, 0.05) is 18.3 Å². The third-order valence-electron chi connectivity index (χ3n) is 2.85. The van der Waals surface area contributed by atoms with E-state index in [4.69, 9.17) is 0 Å². The molecule has 2 rings (SSSR count). The number of carbonyl (C=O) groups excluding carboxylic acids is 1. The molecule has 0 spiro atoms. The summed E-state index contributed by atoms with van der Waals surface area (Å²) >= 11 is 0. The zero-order chi connectivity index (χ0) is 13.1. The molecule has 0 fully saturated rings. The number of hydrogen-bond donors (Lipinski definition) is 0. The van der Waals surface area contributed by atoms with Gasteiger partial charge in [0.15, 0.2) is 0 Å². The Bertz CT molecular complexity index is 566. The summed E-state index contributed by atoms with van der Waals surface area (Å²) in [6.07, 6.45) is 0. The number of hydrogen-bond acceptors (Lipinski definition) is 1. The Morgan fingerprint density at radius 1 is 1.11 bits per heavy atom. The first-order valence-corrected chi connectivity index (χ1v) is 5.69. The van der Waals surface area contributed by atoms with Gasteiger partial charge in [-0.1, -0.05) is 18.2 Å². The SMILES string of the molecule is Cc1cc(C(=O)N(C)c2ccccc2)ccc1F. The van der Waals surface area contributed by atoms with Gasteiger partial charge in [-0.15, -0.1) is 0 Å². The van der Waals surface area contributed by atoms with E-state index < -0.39 is 0 Å². The van der Waals surface area contributed by atoms with Gasteiger partial charge in [0.05, 0.1) is 0 Å². The normalized spacial score (nSPS) is 10.2. The maximum absolute atomic E-state index is 13.2. The highest BCUT2D eigenvalue weighted by molar-refractivity contribution is 6.05. The van der Waals surface area contributed by atoms with Crippen molar-refractivity contribution in [3.63, 3.8) is 0 Å².